The molecule has 8 heteroatoms. The van der Waals surface area contributed by atoms with E-state index in [9.17, 15) is 0 Å². The number of aryl methyl sites for hydroxylation is 1. The third-order valence-electron chi connectivity index (χ3n) is 5.38. The maximum atomic E-state index is 7.46. The molecule has 140 valence electrons. The molecular weight excluding hydrogens is 340 g/mol. The van der Waals surface area contributed by atoms with Crippen molar-refractivity contribution in [2.45, 2.75) is 51.0 Å². The van der Waals surface area contributed by atoms with Crippen molar-refractivity contribution in [3.8, 4) is 0 Å². The Morgan fingerprint density at radius 2 is 1.96 bits per heavy atom. The second-order valence-corrected chi connectivity index (χ2v) is 7.89. The minimum atomic E-state index is -0.380. The lowest BCUT2D eigenvalue weighted by molar-refractivity contribution is 0.332. The summed E-state index contributed by atoms with van der Waals surface area (Å²) >= 11 is 0. The maximum absolute atomic E-state index is 7.46. The first-order valence-electron chi connectivity index (χ1n) is 9.06. The van der Waals surface area contributed by atoms with Gasteiger partial charge >= 0.3 is 0 Å². The summed E-state index contributed by atoms with van der Waals surface area (Å²) in [6.45, 7) is 5.84. The van der Waals surface area contributed by atoms with E-state index in [1.807, 2.05) is 27.0 Å². The van der Waals surface area contributed by atoms with Crippen LogP contribution >= 0.6 is 0 Å². The summed E-state index contributed by atoms with van der Waals surface area (Å²) in [5, 5.41) is 12.0. The monoisotopic (exact) mass is 364 g/mol. The van der Waals surface area contributed by atoms with Gasteiger partial charge in [-0.1, -0.05) is 6.07 Å². The zero-order valence-electron chi connectivity index (χ0n) is 15.8. The second kappa shape index (κ2) is 6.09. The quantitative estimate of drug-likeness (QED) is 0.608. The Labute approximate surface area is 157 Å². The molecule has 0 amide bonds. The van der Waals surface area contributed by atoms with E-state index in [2.05, 4.69) is 32.2 Å². The molecule has 27 heavy (non-hydrogen) atoms. The summed E-state index contributed by atoms with van der Waals surface area (Å²) in [4.78, 5) is 13.5. The molecule has 1 fully saturated rings. The maximum Gasteiger partial charge on any atom is 0.223 e. The summed E-state index contributed by atoms with van der Waals surface area (Å²) in [6.07, 6.45) is 4.98. The van der Waals surface area contributed by atoms with Gasteiger partial charge in [-0.2, -0.15) is 4.52 Å². The largest absolute Gasteiger partial charge is 0.368 e. The lowest BCUT2D eigenvalue weighted by atomic mass is 9.72. The Balaban J connectivity index is 1.53. The molecule has 3 aromatic heterocycles. The number of nitrogens with zero attached hydrogens (tertiary/aromatic N) is 5. The van der Waals surface area contributed by atoms with Gasteiger partial charge in [-0.05, 0) is 45.2 Å². The van der Waals surface area contributed by atoms with E-state index >= 15 is 0 Å². The van der Waals surface area contributed by atoms with Gasteiger partial charge in [0.1, 0.15) is 0 Å². The molecule has 8 nitrogen and oxygen atoms in total. The predicted molar refractivity (Wildman–Crippen MR) is 104 cm³/mol. The number of rotatable bonds is 4. The summed E-state index contributed by atoms with van der Waals surface area (Å²) in [5.74, 6) is 1.73. The van der Waals surface area contributed by atoms with Crippen LogP contribution in [0.3, 0.4) is 0 Å². The van der Waals surface area contributed by atoms with E-state index in [0.717, 1.165) is 35.5 Å². The number of anilines is 1. The van der Waals surface area contributed by atoms with Gasteiger partial charge in [-0.3, -0.25) is 4.98 Å². The number of nitrogen functional groups attached to an aromatic ring is 1. The molecule has 5 N–H and O–H groups in total. The highest BCUT2D eigenvalue weighted by Crippen LogP contribution is 2.46. The summed E-state index contributed by atoms with van der Waals surface area (Å²) in [7, 11) is 0. The van der Waals surface area contributed by atoms with Gasteiger partial charge in [0.15, 0.2) is 11.5 Å². The van der Waals surface area contributed by atoms with Crippen LogP contribution in [0, 0.1) is 12.3 Å². The van der Waals surface area contributed by atoms with Crippen molar-refractivity contribution in [3.63, 3.8) is 0 Å². The number of nitrogens with two attached hydrogens (primary N) is 2. The van der Waals surface area contributed by atoms with Crippen molar-refractivity contribution in [3.05, 3.63) is 46.7 Å². The smallest absolute Gasteiger partial charge is 0.223 e. The Hall–Kier alpha value is -2.87. The lowest BCUT2D eigenvalue weighted by Crippen LogP contribution is -2.29. The first kappa shape index (κ1) is 17.5. The van der Waals surface area contributed by atoms with Gasteiger partial charge in [0.25, 0.3) is 0 Å². The van der Waals surface area contributed by atoms with Crippen LogP contribution in [0.5, 0.6) is 0 Å². The Bertz CT molecular complexity index is 1010. The molecular formula is C19H24N8. The number of hydrogen-bond donors (Lipinski definition) is 3. The zero-order chi connectivity index (χ0) is 19.3. The van der Waals surface area contributed by atoms with E-state index in [1.54, 1.807) is 4.52 Å². The number of aromatic nitrogens is 5. The number of pyridine rings is 1. The van der Waals surface area contributed by atoms with E-state index < -0.39 is 0 Å². The summed E-state index contributed by atoms with van der Waals surface area (Å²) in [5.41, 5.74) is 15.8. The highest BCUT2D eigenvalue weighted by molar-refractivity contribution is 5.80. The minimum Gasteiger partial charge on any atom is -0.368 e. The molecule has 0 aromatic carbocycles. The van der Waals surface area contributed by atoms with E-state index in [-0.39, 0.29) is 17.4 Å². The Morgan fingerprint density at radius 3 is 2.56 bits per heavy atom. The third-order valence-corrected chi connectivity index (χ3v) is 5.38. The zero-order valence-corrected chi connectivity index (χ0v) is 15.8. The molecule has 1 aliphatic rings. The summed E-state index contributed by atoms with van der Waals surface area (Å²) in [6, 6.07) is 4.14. The van der Waals surface area contributed by atoms with Gasteiger partial charge < -0.3 is 16.9 Å². The van der Waals surface area contributed by atoms with Gasteiger partial charge in [-0.15, -0.1) is 5.10 Å². The van der Waals surface area contributed by atoms with Crippen LogP contribution in [0.4, 0.5) is 5.95 Å². The molecule has 0 bridgehead atoms. The first-order chi connectivity index (χ1) is 12.8. The van der Waals surface area contributed by atoms with Crippen molar-refractivity contribution in [2.24, 2.45) is 5.73 Å². The van der Waals surface area contributed by atoms with Crippen molar-refractivity contribution >= 4 is 17.8 Å². The molecule has 4 rings (SSSR count). The van der Waals surface area contributed by atoms with Crippen molar-refractivity contribution in [1.82, 2.24) is 24.6 Å². The van der Waals surface area contributed by atoms with Gasteiger partial charge in [0.05, 0.1) is 5.69 Å². The highest BCUT2D eigenvalue weighted by Gasteiger charge is 2.35. The van der Waals surface area contributed by atoms with Crippen molar-refractivity contribution in [2.75, 3.05) is 5.73 Å². The van der Waals surface area contributed by atoms with Crippen LogP contribution in [-0.2, 0) is 5.54 Å². The molecule has 1 saturated carbocycles. The van der Waals surface area contributed by atoms with Crippen LogP contribution in [0.2, 0.25) is 0 Å². The molecule has 0 atom stereocenters. The Morgan fingerprint density at radius 1 is 1.22 bits per heavy atom. The number of hydrogen-bond acceptors (Lipinski definition) is 7. The standard InChI is InChI=1S/C19H24N8/c1-10-15(8-20)24-18(21)27-17(10)25-16(26-27)12-6-11(7-12)14-5-4-13(9-23-14)19(2,3)22/h4-5,8-9,11-12,20H,6-7,22H2,1-3H3,(H2,21,24)/t11-,12+. The Kier molecular flexibility index (Phi) is 3.96. The normalized spacial score (nSPS) is 19.9. The predicted octanol–water partition coefficient (Wildman–Crippen LogP) is 2.26. The van der Waals surface area contributed by atoms with Crippen LogP contribution in [-0.4, -0.2) is 30.8 Å². The lowest BCUT2D eigenvalue weighted by Gasteiger charge is -2.33. The molecule has 1 aliphatic carbocycles. The van der Waals surface area contributed by atoms with E-state index in [1.165, 1.54) is 6.21 Å². The fourth-order valence-electron chi connectivity index (χ4n) is 3.51. The van der Waals surface area contributed by atoms with Crippen LogP contribution in [0.15, 0.2) is 18.3 Å². The van der Waals surface area contributed by atoms with Crippen LogP contribution in [0.25, 0.3) is 5.65 Å². The van der Waals surface area contributed by atoms with Crippen LogP contribution < -0.4 is 11.5 Å². The SMILES string of the molecule is Cc1c(C=N)nc(N)n2nc([C@H]3C[C@@H](c4ccc(C(C)(C)N)cn4)C3)nc12. The molecule has 0 saturated heterocycles. The highest BCUT2D eigenvalue weighted by atomic mass is 15.4. The molecule has 0 radical (unpaired) electrons. The minimum absolute atomic E-state index is 0.255. The van der Waals surface area contributed by atoms with E-state index in [0.29, 0.717) is 17.3 Å². The number of fused-ring (bicyclic) bond motifs is 1. The molecule has 0 unspecified atom stereocenters. The second-order valence-electron chi connectivity index (χ2n) is 7.89. The fourth-order valence-corrected chi connectivity index (χ4v) is 3.51. The van der Waals surface area contributed by atoms with Crippen molar-refractivity contribution < 1.29 is 0 Å². The molecule has 0 spiro atoms. The first-order valence-corrected chi connectivity index (χ1v) is 9.06. The topological polar surface area (TPSA) is 132 Å². The van der Waals surface area contributed by atoms with Gasteiger partial charge in [-0.25, -0.2) is 9.97 Å². The fraction of sp³-hybridized carbons (Fsp3) is 0.421. The van der Waals surface area contributed by atoms with Gasteiger partial charge in [0, 0.05) is 41.0 Å². The van der Waals surface area contributed by atoms with E-state index in [4.69, 9.17) is 16.9 Å². The third kappa shape index (κ3) is 2.95. The van der Waals surface area contributed by atoms with Crippen LogP contribution in [0.1, 0.15) is 66.9 Å². The van der Waals surface area contributed by atoms with Crippen molar-refractivity contribution in [1.29, 1.82) is 5.41 Å². The number of nitrogens with one attached hydrogen (secondary N) is 1. The molecule has 3 heterocycles. The molecule has 0 aliphatic heterocycles. The average molecular weight is 364 g/mol. The molecule has 3 aromatic rings. The average Bonchev–Trinajstić information content (AvgIpc) is 3.02. The summed E-state index contributed by atoms with van der Waals surface area (Å²) < 4.78 is 1.57. The van der Waals surface area contributed by atoms with Gasteiger partial charge in [0.2, 0.25) is 5.95 Å².